The molecule has 0 aromatic carbocycles. The number of rotatable bonds is 4. The minimum atomic E-state index is 0.664. The Hall–Kier alpha value is -1.56. The topological polar surface area (TPSA) is 55.6 Å². The van der Waals surface area contributed by atoms with Crippen molar-refractivity contribution in [1.82, 2.24) is 19.7 Å². The molecule has 0 atom stereocenters. The van der Waals surface area contributed by atoms with Crippen LogP contribution < -0.4 is 5.32 Å². The molecule has 2 heterocycles. The molecule has 0 amide bonds. The molecule has 1 aliphatic carbocycles. The monoisotopic (exact) mass is 261 g/mol. The van der Waals surface area contributed by atoms with Crippen LogP contribution in [-0.4, -0.2) is 33.1 Å². The smallest absolute Gasteiger partial charge is 0.191 e. The fraction of sp³-hybridized carbons (Fsp3) is 0.417. The standard InChI is InChI=1S/C12H15N5S/c1-13-10-7-11(15-12(14-10)18-2)17-6-5-9(16-17)8-3-4-8/h5-8H,3-4H2,1-2H3,(H,13,14,15). The zero-order valence-electron chi connectivity index (χ0n) is 10.4. The van der Waals surface area contributed by atoms with Crippen molar-refractivity contribution in [3.8, 4) is 5.82 Å². The second-order valence-corrected chi connectivity index (χ2v) is 5.08. The van der Waals surface area contributed by atoms with Gasteiger partial charge in [-0.15, -0.1) is 0 Å². The average molecular weight is 261 g/mol. The van der Waals surface area contributed by atoms with Crippen LogP contribution in [0.1, 0.15) is 24.5 Å². The van der Waals surface area contributed by atoms with E-state index in [2.05, 4.69) is 26.4 Å². The Labute approximate surface area is 110 Å². The van der Waals surface area contributed by atoms with E-state index in [9.17, 15) is 0 Å². The van der Waals surface area contributed by atoms with E-state index >= 15 is 0 Å². The van der Waals surface area contributed by atoms with Crippen LogP contribution in [0.25, 0.3) is 5.82 Å². The zero-order valence-corrected chi connectivity index (χ0v) is 11.2. The maximum atomic E-state index is 4.58. The Bertz CT molecular complexity index is 539. The van der Waals surface area contributed by atoms with Gasteiger partial charge in [-0.3, -0.25) is 0 Å². The van der Waals surface area contributed by atoms with E-state index in [1.54, 1.807) is 0 Å². The number of nitrogens with zero attached hydrogens (tertiary/aromatic N) is 4. The molecule has 0 spiro atoms. The molecule has 0 aliphatic heterocycles. The van der Waals surface area contributed by atoms with Crippen LogP contribution in [0.2, 0.25) is 0 Å². The van der Waals surface area contributed by atoms with E-state index in [0.717, 1.165) is 16.8 Å². The molecule has 0 radical (unpaired) electrons. The van der Waals surface area contributed by atoms with E-state index in [0.29, 0.717) is 5.92 Å². The predicted molar refractivity (Wildman–Crippen MR) is 72.5 cm³/mol. The van der Waals surface area contributed by atoms with Gasteiger partial charge in [0.2, 0.25) is 0 Å². The lowest BCUT2D eigenvalue weighted by Crippen LogP contribution is -2.04. The maximum absolute atomic E-state index is 4.58. The summed E-state index contributed by atoms with van der Waals surface area (Å²) in [7, 11) is 1.86. The van der Waals surface area contributed by atoms with Crippen LogP contribution in [0.15, 0.2) is 23.5 Å². The Morgan fingerprint density at radius 2 is 2.22 bits per heavy atom. The zero-order chi connectivity index (χ0) is 12.5. The van der Waals surface area contributed by atoms with Gasteiger partial charge in [-0.05, 0) is 25.2 Å². The molecule has 0 bridgehead atoms. The first-order valence-corrected chi connectivity index (χ1v) is 7.19. The molecule has 1 aliphatic rings. The summed E-state index contributed by atoms with van der Waals surface area (Å²) in [6.07, 6.45) is 6.47. The summed E-state index contributed by atoms with van der Waals surface area (Å²) in [5, 5.41) is 8.38. The number of aromatic nitrogens is 4. The molecule has 18 heavy (non-hydrogen) atoms. The summed E-state index contributed by atoms with van der Waals surface area (Å²) in [4.78, 5) is 8.83. The van der Waals surface area contributed by atoms with E-state index in [1.165, 1.54) is 30.3 Å². The number of hydrogen-bond acceptors (Lipinski definition) is 5. The first-order valence-electron chi connectivity index (χ1n) is 5.97. The van der Waals surface area contributed by atoms with E-state index < -0.39 is 0 Å². The van der Waals surface area contributed by atoms with Gasteiger partial charge in [-0.1, -0.05) is 11.8 Å². The summed E-state index contributed by atoms with van der Waals surface area (Å²) < 4.78 is 1.83. The van der Waals surface area contributed by atoms with E-state index in [-0.39, 0.29) is 0 Å². The van der Waals surface area contributed by atoms with Gasteiger partial charge in [0, 0.05) is 25.2 Å². The van der Waals surface area contributed by atoms with Crippen LogP contribution >= 0.6 is 11.8 Å². The third kappa shape index (κ3) is 2.20. The second kappa shape index (κ2) is 4.61. The quantitative estimate of drug-likeness (QED) is 0.676. The van der Waals surface area contributed by atoms with Gasteiger partial charge in [0.05, 0.1) is 5.69 Å². The van der Waals surface area contributed by atoms with Gasteiger partial charge in [-0.25, -0.2) is 14.6 Å². The fourth-order valence-corrected chi connectivity index (χ4v) is 2.19. The number of nitrogens with one attached hydrogen (secondary N) is 1. The van der Waals surface area contributed by atoms with Gasteiger partial charge < -0.3 is 5.32 Å². The van der Waals surface area contributed by atoms with Crippen molar-refractivity contribution < 1.29 is 0 Å². The van der Waals surface area contributed by atoms with Gasteiger partial charge >= 0.3 is 0 Å². The highest BCUT2D eigenvalue weighted by molar-refractivity contribution is 7.98. The first kappa shape index (κ1) is 11.5. The lowest BCUT2D eigenvalue weighted by Gasteiger charge is -2.06. The summed E-state index contributed by atoms with van der Waals surface area (Å²) >= 11 is 1.53. The summed E-state index contributed by atoms with van der Waals surface area (Å²) in [5.74, 6) is 2.29. The Kier molecular flexibility index (Phi) is 2.95. The van der Waals surface area contributed by atoms with E-state index in [1.807, 2.05) is 30.2 Å². The van der Waals surface area contributed by atoms with Crippen molar-refractivity contribution in [2.45, 2.75) is 23.9 Å². The number of hydrogen-bond donors (Lipinski definition) is 1. The molecule has 1 saturated carbocycles. The van der Waals surface area contributed by atoms with Crippen molar-refractivity contribution in [2.24, 2.45) is 0 Å². The van der Waals surface area contributed by atoms with E-state index in [4.69, 9.17) is 0 Å². The molecule has 0 saturated heterocycles. The molecule has 94 valence electrons. The highest BCUT2D eigenvalue weighted by atomic mass is 32.2. The lowest BCUT2D eigenvalue weighted by atomic mass is 10.3. The van der Waals surface area contributed by atoms with Crippen LogP contribution in [0.3, 0.4) is 0 Å². The normalized spacial score (nSPS) is 14.8. The Morgan fingerprint density at radius 3 is 2.89 bits per heavy atom. The van der Waals surface area contributed by atoms with Crippen molar-refractivity contribution in [2.75, 3.05) is 18.6 Å². The molecular weight excluding hydrogens is 246 g/mol. The SMILES string of the molecule is CNc1cc(-n2ccc(C3CC3)n2)nc(SC)n1. The third-order valence-corrected chi connectivity index (χ3v) is 3.52. The molecule has 1 N–H and O–H groups in total. The van der Waals surface area contributed by atoms with Crippen molar-refractivity contribution in [3.05, 3.63) is 24.0 Å². The molecule has 2 aromatic rings. The molecule has 0 unspecified atom stereocenters. The van der Waals surface area contributed by atoms with Crippen molar-refractivity contribution in [3.63, 3.8) is 0 Å². The molecule has 3 rings (SSSR count). The lowest BCUT2D eigenvalue weighted by molar-refractivity contribution is 0.786. The maximum Gasteiger partial charge on any atom is 0.191 e. The molecule has 5 nitrogen and oxygen atoms in total. The molecular formula is C12H15N5S. The molecule has 6 heteroatoms. The third-order valence-electron chi connectivity index (χ3n) is 2.97. The van der Waals surface area contributed by atoms with Crippen LogP contribution in [0, 0.1) is 0 Å². The Balaban J connectivity index is 1.97. The highest BCUT2D eigenvalue weighted by Crippen LogP contribution is 2.39. The van der Waals surface area contributed by atoms with Gasteiger partial charge in [0.1, 0.15) is 5.82 Å². The number of anilines is 1. The highest BCUT2D eigenvalue weighted by Gasteiger charge is 2.26. The van der Waals surface area contributed by atoms with Crippen LogP contribution in [-0.2, 0) is 0 Å². The summed E-state index contributed by atoms with van der Waals surface area (Å²) in [5.41, 5.74) is 1.17. The largest absolute Gasteiger partial charge is 0.373 e. The first-order chi connectivity index (χ1) is 8.80. The average Bonchev–Trinajstić information content (AvgIpc) is 3.15. The summed E-state index contributed by atoms with van der Waals surface area (Å²) in [6, 6.07) is 3.99. The van der Waals surface area contributed by atoms with Crippen LogP contribution in [0.5, 0.6) is 0 Å². The Morgan fingerprint density at radius 1 is 1.39 bits per heavy atom. The molecule has 2 aromatic heterocycles. The number of thioether (sulfide) groups is 1. The van der Waals surface area contributed by atoms with Crippen molar-refractivity contribution in [1.29, 1.82) is 0 Å². The minimum Gasteiger partial charge on any atom is -0.373 e. The minimum absolute atomic E-state index is 0.664. The van der Waals surface area contributed by atoms with Gasteiger partial charge in [0.15, 0.2) is 11.0 Å². The predicted octanol–water partition coefficient (Wildman–Crippen LogP) is 2.30. The van der Waals surface area contributed by atoms with Crippen LogP contribution in [0.4, 0.5) is 5.82 Å². The second-order valence-electron chi connectivity index (χ2n) is 4.31. The molecule has 1 fully saturated rings. The van der Waals surface area contributed by atoms with Gasteiger partial charge in [0.25, 0.3) is 0 Å². The van der Waals surface area contributed by atoms with Gasteiger partial charge in [-0.2, -0.15) is 5.10 Å². The fourth-order valence-electron chi connectivity index (χ4n) is 1.81. The van der Waals surface area contributed by atoms with Crippen molar-refractivity contribution >= 4 is 17.6 Å². The summed E-state index contributed by atoms with van der Waals surface area (Å²) in [6.45, 7) is 0.